The Bertz CT molecular complexity index is 436. The van der Waals surface area contributed by atoms with E-state index in [2.05, 4.69) is 12.2 Å². The third-order valence-electron chi connectivity index (χ3n) is 3.58. The van der Waals surface area contributed by atoms with Gasteiger partial charge in [0.25, 0.3) is 0 Å². The number of para-hydroxylation sites is 1. The number of aryl methyl sites for hydroxylation is 1. The fourth-order valence-corrected chi connectivity index (χ4v) is 2.69. The molecule has 0 bridgehead atoms. The van der Waals surface area contributed by atoms with Crippen LogP contribution in [0.5, 0.6) is 0 Å². The molecule has 2 rings (SSSR count). The maximum atomic E-state index is 12.1. The molecule has 3 nitrogen and oxygen atoms in total. The molecule has 0 atom stereocenters. The highest BCUT2D eigenvalue weighted by Crippen LogP contribution is 2.41. The first-order chi connectivity index (χ1) is 8.57. The zero-order chi connectivity index (χ0) is 13.2. The molecule has 0 unspecified atom stereocenters. The zero-order valence-electron chi connectivity index (χ0n) is 11.3. The van der Waals surface area contributed by atoms with E-state index in [9.17, 15) is 4.79 Å². The maximum absolute atomic E-state index is 12.1. The lowest BCUT2D eigenvalue weighted by Gasteiger charge is -2.45. The molecular weight excluding hydrogens is 226 g/mol. The summed E-state index contributed by atoms with van der Waals surface area (Å²) in [7, 11) is 0. The van der Waals surface area contributed by atoms with Crippen molar-refractivity contribution in [1.82, 2.24) is 0 Å². The Balaban J connectivity index is 2.17. The molecule has 0 saturated heterocycles. The van der Waals surface area contributed by atoms with Crippen LogP contribution in [0.2, 0.25) is 0 Å². The van der Waals surface area contributed by atoms with Gasteiger partial charge < -0.3 is 10.1 Å². The minimum atomic E-state index is -0.512. The summed E-state index contributed by atoms with van der Waals surface area (Å²) in [5, 5.41) is 3.40. The van der Waals surface area contributed by atoms with E-state index >= 15 is 0 Å². The molecule has 1 N–H and O–H groups in total. The van der Waals surface area contributed by atoms with E-state index < -0.39 is 5.54 Å². The Kier molecular flexibility index (Phi) is 3.60. The highest BCUT2D eigenvalue weighted by atomic mass is 16.5. The van der Waals surface area contributed by atoms with Gasteiger partial charge in [0.15, 0.2) is 0 Å². The summed E-state index contributed by atoms with van der Waals surface area (Å²) < 4.78 is 5.21. The smallest absolute Gasteiger partial charge is 0.331 e. The standard InChI is InChI=1S/C15H21NO2/c1-4-18-14(17)15(9-11(2)10-15)16-13-8-6-5-7-12(13)3/h5-8,11,16H,4,9-10H2,1-3H3. The van der Waals surface area contributed by atoms with Gasteiger partial charge in [-0.15, -0.1) is 0 Å². The van der Waals surface area contributed by atoms with Gasteiger partial charge in [-0.2, -0.15) is 0 Å². The second kappa shape index (κ2) is 5.01. The highest BCUT2D eigenvalue weighted by Gasteiger charge is 2.49. The summed E-state index contributed by atoms with van der Waals surface area (Å²) in [5.41, 5.74) is 1.67. The van der Waals surface area contributed by atoms with Crippen molar-refractivity contribution in [3.8, 4) is 0 Å². The topological polar surface area (TPSA) is 38.3 Å². The van der Waals surface area contributed by atoms with Crippen molar-refractivity contribution in [1.29, 1.82) is 0 Å². The number of esters is 1. The number of hydrogen-bond donors (Lipinski definition) is 1. The molecule has 0 heterocycles. The predicted octanol–water partition coefficient (Wildman–Crippen LogP) is 3.14. The van der Waals surface area contributed by atoms with Crippen LogP contribution in [0.3, 0.4) is 0 Å². The van der Waals surface area contributed by atoms with Gasteiger partial charge in [0.1, 0.15) is 5.54 Å². The van der Waals surface area contributed by atoms with Crippen LogP contribution in [0.25, 0.3) is 0 Å². The molecule has 98 valence electrons. The summed E-state index contributed by atoms with van der Waals surface area (Å²) in [4.78, 5) is 12.1. The summed E-state index contributed by atoms with van der Waals surface area (Å²) in [6.45, 7) is 6.49. The predicted molar refractivity (Wildman–Crippen MR) is 72.6 cm³/mol. The van der Waals surface area contributed by atoms with Gasteiger partial charge in [-0.05, 0) is 44.2 Å². The van der Waals surface area contributed by atoms with Gasteiger partial charge >= 0.3 is 5.97 Å². The molecule has 1 aliphatic carbocycles. The van der Waals surface area contributed by atoms with Crippen molar-refractivity contribution in [2.45, 2.75) is 39.2 Å². The second-order valence-electron chi connectivity index (χ2n) is 5.26. The van der Waals surface area contributed by atoms with Crippen LogP contribution in [0.4, 0.5) is 5.69 Å². The number of carbonyl (C=O) groups excluding carboxylic acids is 1. The summed E-state index contributed by atoms with van der Waals surface area (Å²) >= 11 is 0. The monoisotopic (exact) mass is 247 g/mol. The van der Waals surface area contributed by atoms with Crippen molar-refractivity contribution < 1.29 is 9.53 Å². The average molecular weight is 247 g/mol. The van der Waals surface area contributed by atoms with Crippen LogP contribution in [-0.4, -0.2) is 18.1 Å². The molecule has 0 spiro atoms. The summed E-state index contributed by atoms with van der Waals surface area (Å²) in [5.74, 6) is 0.456. The third kappa shape index (κ3) is 2.35. The van der Waals surface area contributed by atoms with Crippen molar-refractivity contribution in [3.63, 3.8) is 0 Å². The number of benzene rings is 1. The van der Waals surface area contributed by atoms with Crippen LogP contribution in [0.15, 0.2) is 24.3 Å². The maximum Gasteiger partial charge on any atom is 0.331 e. The molecule has 1 aliphatic rings. The van der Waals surface area contributed by atoms with E-state index in [1.54, 1.807) is 0 Å². The van der Waals surface area contributed by atoms with Gasteiger partial charge in [-0.3, -0.25) is 0 Å². The molecule has 18 heavy (non-hydrogen) atoms. The fraction of sp³-hybridized carbons (Fsp3) is 0.533. The van der Waals surface area contributed by atoms with E-state index in [0.29, 0.717) is 12.5 Å². The van der Waals surface area contributed by atoms with E-state index in [0.717, 1.165) is 24.1 Å². The third-order valence-corrected chi connectivity index (χ3v) is 3.58. The van der Waals surface area contributed by atoms with Gasteiger partial charge in [-0.1, -0.05) is 25.1 Å². The quantitative estimate of drug-likeness (QED) is 0.831. The molecule has 1 saturated carbocycles. The Morgan fingerprint density at radius 3 is 2.67 bits per heavy atom. The molecule has 1 aromatic rings. The Morgan fingerprint density at radius 1 is 1.44 bits per heavy atom. The minimum Gasteiger partial charge on any atom is -0.464 e. The molecule has 0 radical (unpaired) electrons. The van der Waals surface area contributed by atoms with Crippen molar-refractivity contribution >= 4 is 11.7 Å². The molecule has 1 aromatic carbocycles. The van der Waals surface area contributed by atoms with E-state index in [4.69, 9.17) is 4.74 Å². The first kappa shape index (κ1) is 12.9. The summed E-state index contributed by atoms with van der Waals surface area (Å²) in [6, 6.07) is 8.04. The van der Waals surface area contributed by atoms with E-state index in [1.165, 1.54) is 0 Å². The average Bonchev–Trinajstić information content (AvgIpc) is 2.30. The number of carbonyl (C=O) groups is 1. The molecule has 0 aromatic heterocycles. The van der Waals surface area contributed by atoms with Crippen LogP contribution < -0.4 is 5.32 Å². The van der Waals surface area contributed by atoms with Crippen molar-refractivity contribution in [2.75, 3.05) is 11.9 Å². The summed E-state index contributed by atoms with van der Waals surface area (Å²) in [6.07, 6.45) is 1.69. The second-order valence-corrected chi connectivity index (χ2v) is 5.26. The van der Waals surface area contributed by atoms with Gasteiger partial charge in [0, 0.05) is 5.69 Å². The first-order valence-electron chi connectivity index (χ1n) is 6.58. The van der Waals surface area contributed by atoms with Gasteiger partial charge in [-0.25, -0.2) is 4.79 Å². The Hall–Kier alpha value is -1.51. The van der Waals surface area contributed by atoms with Gasteiger partial charge in [0.2, 0.25) is 0 Å². The Morgan fingerprint density at radius 2 is 2.11 bits per heavy atom. The molecular formula is C15H21NO2. The SMILES string of the molecule is CCOC(=O)C1(Nc2ccccc2C)CC(C)C1. The highest BCUT2D eigenvalue weighted by molar-refractivity contribution is 5.86. The minimum absolute atomic E-state index is 0.119. The normalized spacial score (nSPS) is 26.3. The van der Waals surface area contributed by atoms with Crippen LogP contribution >= 0.6 is 0 Å². The first-order valence-corrected chi connectivity index (χ1v) is 6.58. The van der Waals surface area contributed by atoms with Crippen molar-refractivity contribution in [3.05, 3.63) is 29.8 Å². The lowest BCUT2D eigenvalue weighted by molar-refractivity contribution is -0.153. The van der Waals surface area contributed by atoms with Crippen LogP contribution in [-0.2, 0) is 9.53 Å². The van der Waals surface area contributed by atoms with Gasteiger partial charge in [0.05, 0.1) is 6.61 Å². The van der Waals surface area contributed by atoms with Crippen LogP contribution in [0.1, 0.15) is 32.3 Å². The zero-order valence-corrected chi connectivity index (χ0v) is 11.3. The largest absolute Gasteiger partial charge is 0.464 e. The van der Waals surface area contributed by atoms with E-state index in [-0.39, 0.29) is 5.97 Å². The number of nitrogens with one attached hydrogen (secondary N) is 1. The number of anilines is 1. The Labute approximate surface area is 109 Å². The lowest BCUT2D eigenvalue weighted by atomic mass is 9.69. The number of ether oxygens (including phenoxy) is 1. The molecule has 0 aliphatic heterocycles. The molecule has 3 heteroatoms. The lowest BCUT2D eigenvalue weighted by Crippen LogP contribution is -2.56. The molecule has 0 amide bonds. The van der Waals surface area contributed by atoms with E-state index in [1.807, 2.05) is 38.1 Å². The fourth-order valence-electron chi connectivity index (χ4n) is 2.69. The van der Waals surface area contributed by atoms with Crippen molar-refractivity contribution in [2.24, 2.45) is 5.92 Å². The molecule has 1 fully saturated rings. The number of rotatable bonds is 4. The number of hydrogen-bond acceptors (Lipinski definition) is 3. The van der Waals surface area contributed by atoms with Crippen LogP contribution in [0, 0.1) is 12.8 Å².